The molecule has 0 atom stereocenters. The van der Waals surface area contributed by atoms with Crippen molar-refractivity contribution in [3.8, 4) is 0 Å². The molecule has 0 spiro atoms. The van der Waals surface area contributed by atoms with Crippen molar-refractivity contribution < 1.29 is 3.44 Å². The molecule has 0 aliphatic carbocycles. The molecule has 0 radical (unpaired) electrons. The Balaban J connectivity index is 2.29. The molecule has 0 aliphatic rings. The minimum absolute atomic E-state index is 1.09. The van der Waals surface area contributed by atoms with Crippen LogP contribution in [0.25, 0.3) is 0 Å². The van der Waals surface area contributed by atoms with Crippen LogP contribution < -0.4 is 0 Å². The van der Waals surface area contributed by atoms with E-state index in [4.69, 9.17) is 0 Å². The molecule has 2 aromatic rings. The van der Waals surface area contributed by atoms with Crippen LogP contribution in [0.15, 0.2) is 54.6 Å². The van der Waals surface area contributed by atoms with Crippen molar-refractivity contribution in [2.45, 2.75) is 6.92 Å². The molecule has 0 saturated carbocycles. The number of aryl methyl sites for hydroxylation is 1. The number of halogens is 1. The molecule has 1 nitrogen and oxygen atoms in total. The molecule has 0 aromatic heterocycles. The quantitative estimate of drug-likeness (QED) is 0.842. The molecule has 1 N–H and O–H groups in total. The second-order valence-electron chi connectivity index (χ2n) is 3.35. The number of rotatable bonds is 2. The summed E-state index contributed by atoms with van der Waals surface area (Å²) >= 11 is -2.12. The van der Waals surface area contributed by atoms with E-state index in [0.717, 1.165) is 7.14 Å². The summed E-state index contributed by atoms with van der Waals surface area (Å²) in [6, 6.07) is 18.1. The predicted octanol–water partition coefficient (Wildman–Crippen LogP) is 3.45. The van der Waals surface area contributed by atoms with Crippen LogP contribution >= 0.6 is 20.2 Å². The van der Waals surface area contributed by atoms with Gasteiger partial charge in [-0.3, -0.25) is 0 Å². The molecule has 2 rings (SSSR count). The summed E-state index contributed by atoms with van der Waals surface area (Å²) in [6.45, 7) is 2.06. The van der Waals surface area contributed by atoms with Crippen LogP contribution in [0.3, 0.4) is 0 Å². The second kappa shape index (κ2) is 4.77. The monoisotopic (exact) mass is 312 g/mol. The van der Waals surface area contributed by atoms with Crippen molar-refractivity contribution in [2.24, 2.45) is 0 Å². The summed E-state index contributed by atoms with van der Waals surface area (Å²) in [4.78, 5) is 0. The van der Waals surface area contributed by atoms with Crippen LogP contribution in [0, 0.1) is 14.1 Å². The molecule has 15 heavy (non-hydrogen) atoms. The second-order valence-corrected chi connectivity index (χ2v) is 7.35. The molecule has 2 heteroatoms. The van der Waals surface area contributed by atoms with E-state index in [-0.39, 0.29) is 0 Å². The molecule has 0 amide bonds. The first-order chi connectivity index (χ1) is 7.27. The van der Waals surface area contributed by atoms with Crippen LogP contribution in [-0.2, 0) is 0 Å². The molecule has 0 saturated heterocycles. The summed E-state index contributed by atoms with van der Waals surface area (Å²) in [5, 5.41) is 0. The van der Waals surface area contributed by atoms with Gasteiger partial charge >= 0.3 is 97.9 Å². The van der Waals surface area contributed by atoms with Crippen LogP contribution in [-0.4, -0.2) is 3.44 Å². The van der Waals surface area contributed by atoms with Gasteiger partial charge in [-0.15, -0.1) is 0 Å². The summed E-state index contributed by atoms with van der Waals surface area (Å²) in [6.07, 6.45) is 0. The fourth-order valence-corrected chi connectivity index (χ4v) is 4.17. The zero-order valence-electron chi connectivity index (χ0n) is 8.52. The average Bonchev–Trinajstić information content (AvgIpc) is 2.30. The summed E-state index contributed by atoms with van der Waals surface area (Å²) < 4.78 is 12.4. The van der Waals surface area contributed by atoms with Gasteiger partial charge in [0.05, 0.1) is 0 Å². The fourth-order valence-electron chi connectivity index (χ4n) is 1.31. The molecule has 0 aliphatic heterocycles. The Hall–Kier alpha value is -0.870. The van der Waals surface area contributed by atoms with Crippen molar-refractivity contribution in [2.75, 3.05) is 0 Å². The zero-order chi connectivity index (χ0) is 10.7. The van der Waals surface area contributed by atoms with E-state index >= 15 is 0 Å². The molecule has 0 fully saturated rings. The normalized spacial score (nSPS) is 11.2. The summed E-state index contributed by atoms with van der Waals surface area (Å²) in [5.41, 5.74) is 1.23. The molecule has 0 bridgehead atoms. The molecule has 2 aromatic carbocycles. The SMILES string of the molecule is Cc1ccc(I(O)c2ccccc2)cc1. The van der Waals surface area contributed by atoms with Gasteiger partial charge in [-0.1, -0.05) is 0 Å². The molecule has 0 heterocycles. The van der Waals surface area contributed by atoms with E-state index in [1.165, 1.54) is 5.56 Å². The maximum atomic E-state index is 10.2. The van der Waals surface area contributed by atoms with Crippen molar-refractivity contribution in [1.82, 2.24) is 0 Å². The van der Waals surface area contributed by atoms with Gasteiger partial charge in [0.25, 0.3) is 0 Å². The topological polar surface area (TPSA) is 20.2 Å². The van der Waals surface area contributed by atoms with Crippen LogP contribution in [0.2, 0.25) is 0 Å². The third-order valence-electron chi connectivity index (χ3n) is 2.16. The Morgan fingerprint density at radius 1 is 0.800 bits per heavy atom. The van der Waals surface area contributed by atoms with Gasteiger partial charge in [0, 0.05) is 0 Å². The first-order valence-electron chi connectivity index (χ1n) is 4.78. The van der Waals surface area contributed by atoms with Crippen molar-refractivity contribution >= 4 is 20.2 Å². The van der Waals surface area contributed by atoms with Crippen molar-refractivity contribution in [3.63, 3.8) is 0 Å². The third-order valence-corrected chi connectivity index (χ3v) is 5.96. The summed E-state index contributed by atoms with van der Waals surface area (Å²) in [5.74, 6) is 0. The molecule has 0 unspecified atom stereocenters. The van der Waals surface area contributed by atoms with Gasteiger partial charge in [0.1, 0.15) is 0 Å². The standard InChI is InChI=1S/C13H13IO/c1-11-7-9-13(10-8-11)14(15)12-5-3-2-4-6-12/h2-10,15H,1H3. The van der Waals surface area contributed by atoms with E-state index in [1.807, 2.05) is 42.5 Å². The minimum atomic E-state index is -2.12. The summed E-state index contributed by atoms with van der Waals surface area (Å²) in [7, 11) is 0. The third kappa shape index (κ3) is 2.58. The maximum absolute atomic E-state index is 10.2. The van der Waals surface area contributed by atoms with E-state index in [9.17, 15) is 3.44 Å². The van der Waals surface area contributed by atoms with E-state index in [0.29, 0.717) is 0 Å². The van der Waals surface area contributed by atoms with E-state index in [1.54, 1.807) is 0 Å². The predicted molar refractivity (Wildman–Crippen MR) is 71.3 cm³/mol. The Bertz CT molecular complexity index is 422. The number of hydrogen-bond donors (Lipinski definition) is 1. The van der Waals surface area contributed by atoms with Gasteiger partial charge in [-0.05, 0) is 0 Å². The molecular formula is C13H13IO. The van der Waals surface area contributed by atoms with E-state index in [2.05, 4.69) is 19.1 Å². The van der Waals surface area contributed by atoms with Gasteiger partial charge in [-0.2, -0.15) is 0 Å². The number of hydrogen-bond acceptors (Lipinski definition) is 1. The average molecular weight is 312 g/mol. The number of benzene rings is 2. The van der Waals surface area contributed by atoms with E-state index < -0.39 is 20.2 Å². The van der Waals surface area contributed by atoms with Crippen molar-refractivity contribution in [3.05, 3.63) is 67.3 Å². The van der Waals surface area contributed by atoms with Gasteiger partial charge in [-0.25, -0.2) is 0 Å². The molecule has 78 valence electrons. The van der Waals surface area contributed by atoms with Gasteiger partial charge in [0.2, 0.25) is 0 Å². The van der Waals surface area contributed by atoms with Crippen LogP contribution in [0.5, 0.6) is 0 Å². The van der Waals surface area contributed by atoms with Gasteiger partial charge in [0.15, 0.2) is 0 Å². The first-order valence-corrected chi connectivity index (χ1v) is 7.90. The van der Waals surface area contributed by atoms with Crippen LogP contribution in [0.4, 0.5) is 0 Å². The Kier molecular flexibility index (Phi) is 3.38. The van der Waals surface area contributed by atoms with Gasteiger partial charge < -0.3 is 0 Å². The van der Waals surface area contributed by atoms with Crippen molar-refractivity contribution in [1.29, 1.82) is 0 Å². The Morgan fingerprint density at radius 2 is 1.33 bits per heavy atom. The molecular weight excluding hydrogens is 299 g/mol. The first kappa shape index (κ1) is 10.6. The fraction of sp³-hybridized carbons (Fsp3) is 0.0769. The van der Waals surface area contributed by atoms with Crippen LogP contribution in [0.1, 0.15) is 5.56 Å². The Labute approximate surface area is 97.7 Å². The zero-order valence-corrected chi connectivity index (χ0v) is 10.7. The Morgan fingerprint density at radius 3 is 1.93 bits per heavy atom.